The second-order valence-corrected chi connectivity index (χ2v) is 5.14. The monoisotopic (exact) mass is 248 g/mol. The van der Waals surface area contributed by atoms with Crippen molar-refractivity contribution in [2.45, 2.75) is 38.3 Å². The molecule has 2 unspecified atom stereocenters. The third-order valence-electron chi connectivity index (χ3n) is 3.59. The van der Waals surface area contributed by atoms with Gasteiger partial charge in [0.05, 0.1) is 0 Å². The Hall–Kier alpha value is -1.42. The molecule has 1 aromatic rings. The molecule has 98 valence electrons. The molecule has 0 aliphatic carbocycles. The summed E-state index contributed by atoms with van der Waals surface area (Å²) >= 11 is 0. The fraction of sp³-hybridized carbons (Fsp3) is 0.571. The molecule has 2 heterocycles. The zero-order valence-electron chi connectivity index (χ0n) is 10.7. The van der Waals surface area contributed by atoms with Gasteiger partial charge in [0.1, 0.15) is 0 Å². The first-order valence-electron chi connectivity index (χ1n) is 6.71. The predicted octanol–water partition coefficient (Wildman–Crippen LogP) is 2.36. The number of hydrogen-bond donors (Lipinski definition) is 2. The molecule has 0 aromatic heterocycles. The second-order valence-electron chi connectivity index (χ2n) is 5.14. The Balaban J connectivity index is 1.58. The van der Waals surface area contributed by atoms with Gasteiger partial charge < -0.3 is 20.1 Å². The maximum absolute atomic E-state index is 5.38. The standard InChI is InChI=1S/C14H20N2O2/c1-10(7-11-3-2-6-15-11)16-12-4-5-13-14(8-12)18-9-17-13/h4-5,8,10-11,15-16H,2-3,6-7,9H2,1H3. The minimum Gasteiger partial charge on any atom is -0.454 e. The largest absolute Gasteiger partial charge is 0.454 e. The van der Waals surface area contributed by atoms with Crippen molar-refractivity contribution < 1.29 is 9.47 Å². The van der Waals surface area contributed by atoms with Crippen molar-refractivity contribution in [2.24, 2.45) is 0 Å². The molecule has 18 heavy (non-hydrogen) atoms. The van der Waals surface area contributed by atoms with Crippen molar-refractivity contribution in [3.63, 3.8) is 0 Å². The van der Waals surface area contributed by atoms with E-state index in [0.717, 1.165) is 23.6 Å². The lowest BCUT2D eigenvalue weighted by atomic mass is 10.1. The highest BCUT2D eigenvalue weighted by molar-refractivity contribution is 5.55. The van der Waals surface area contributed by atoms with Crippen LogP contribution in [0.2, 0.25) is 0 Å². The van der Waals surface area contributed by atoms with Gasteiger partial charge in [-0.1, -0.05) is 0 Å². The summed E-state index contributed by atoms with van der Waals surface area (Å²) in [5.41, 5.74) is 1.10. The molecular weight excluding hydrogens is 228 g/mol. The quantitative estimate of drug-likeness (QED) is 0.858. The maximum atomic E-state index is 5.38. The first kappa shape index (κ1) is 11.7. The van der Waals surface area contributed by atoms with Gasteiger partial charge in [-0.2, -0.15) is 0 Å². The number of hydrogen-bond acceptors (Lipinski definition) is 4. The number of rotatable bonds is 4. The van der Waals surface area contributed by atoms with E-state index in [1.54, 1.807) is 0 Å². The smallest absolute Gasteiger partial charge is 0.231 e. The topological polar surface area (TPSA) is 42.5 Å². The lowest BCUT2D eigenvalue weighted by molar-refractivity contribution is 0.174. The molecule has 0 saturated carbocycles. The van der Waals surface area contributed by atoms with Crippen LogP contribution >= 0.6 is 0 Å². The van der Waals surface area contributed by atoms with Gasteiger partial charge in [0.25, 0.3) is 0 Å². The number of benzene rings is 1. The fourth-order valence-electron chi connectivity index (χ4n) is 2.71. The molecule has 0 amide bonds. The van der Waals surface area contributed by atoms with Crippen LogP contribution in [0.25, 0.3) is 0 Å². The van der Waals surface area contributed by atoms with E-state index in [9.17, 15) is 0 Å². The van der Waals surface area contributed by atoms with E-state index < -0.39 is 0 Å². The minimum atomic E-state index is 0.334. The highest BCUT2D eigenvalue weighted by Crippen LogP contribution is 2.34. The fourth-order valence-corrected chi connectivity index (χ4v) is 2.71. The Morgan fingerprint density at radius 1 is 1.39 bits per heavy atom. The molecule has 2 atom stereocenters. The average Bonchev–Trinajstić information content (AvgIpc) is 2.98. The van der Waals surface area contributed by atoms with Crippen LogP contribution < -0.4 is 20.1 Å². The Morgan fingerprint density at radius 3 is 3.11 bits per heavy atom. The molecule has 3 rings (SSSR count). The van der Waals surface area contributed by atoms with E-state index in [1.165, 1.54) is 19.4 Å². The van der Waals surface area contributed by atoms with Gasteiger partial charge in [0.2, 0.25) is 6.79 Å². The van der Waals surface area contributed by atoms with E-state index in [-0.39, 0.29) is 0 Å². The molecule has 2 aliphatic heterocycles. The van der Waals surface area contributed by atoms with Crippen LogP contribution in [0, 0.1) is 0 Å². The first-order valence-corrected chi connectivity index (χ1v) is 6.71. The van der Waals surface area contributed by atoms with Crippen LogP contribution in [0.15, 0.2) is 18.2 Å². The van der Waals surface area contributed by atoms with E-state index in [2.05, 4.69) is 17.6 Å². The maximum Gasteiger partial charge on any atom is 0.231 e. The highest BCUT2D eigenvalue weighted by Gasteiger charge is 2.18. The lowest BCUT2D eigenvalue weighted by Gasteiger charge is -2.19. The Kier molecular flexibility index (Phi) is 3.28. The number of anilines is 1. The van der Waals surface area contributed by atoms with Crippen LogP contribution in [0.1, 0.15) is 26.2 Å². The molecule has 0 spiro atoms. The summed E-state index contributed by atoms with van der Waals surface area (Å²) in [6.45, 7) is 3.73. The summed E-state index contributed by atoms with van der Waals surface area (Å²) in [7, 11) is 0. The number of nitrogens with one attached hydrogen (secondary N) is 2. The van der Waals surface area contributed by atoms with Crippen LogP contribution in [0.4, 0.5) is 5.69 Å². The van der Waals surface area contributed by atoms with Crippen LogP contribution in [0.3, 0.4) is 0 Å². The Labute approximate surface area is 108 Å². The third kappa shape index (κ3) is 2.53. The van der Waals surface area contributed by atoms with Crippen LogP contribution in [-0.4, -0.2) is 25.4 Å². The number of ether oxygens (including phenoxy) is 2. The SMILES string of the molecule is CC(CC1CCCN1)Nc1ccc2c(c1)OCO2. The van der Waals surface area contributed by atoms with Gasteiger partial charge in [-0.3, -0.25) is 0 Å². The molecule has 1 fully saturated rings. The van der Waals surface area contributed by atoms with Gasteiger partial charge in [0.15, 0.2) is 11.5 Å². The summed E-state index contributed by atoms with van der Waals surface area (Å²) in [4.78, 5) is 0. The van der Waals surface area contributed by atoms with Crippen molar-refractivity contribution in [2.75, 3.05) is 18.7 Å². The summed E-state index contributed by atoms with van der Waals surface area (Å²) in [5.74, 6) is 1.68. The van der Waals surface area contributed by atoms with Gasteiger partial charge in [-0.15, -0.1) is 0 Å². The van der Waals surface area contributed by atoms with Gasteiger partial charge in [-0.05, 0) is 44.9 Å². The van der Waals surface area contributed by atoms with Crippen molar-refractivity contribution in [1.29, 1.82) is 0 Å². The van der Waals surface area contributed by atoms with E-state index in [0.29, 0.717) is 18.9 Å². The highest BCUT2D eigenvalue weighted by atomic mass is 16.7. The first-order chi connectivity index (χ1) is 8.81. The molecule has 1 aromatic carbocycles. The van der Waals surface area contributed by atoms with Crippen LogP contribution in [-0.2, 0) is 0 Å². The van der Waals surface area contributed by atoms with Crippen molar-refractivity contribution in [3.8, 4) is 11.5 Å². The normalized spacial score (nSPS) is 23.1. The van der Waals surface area contributed by atoms with Crippen molar-refractivity contribution >= 4 is 5.69 Å². The van der Waals surface area contributed by atoms with E-state index in [1.807, 2.05) is 18.2 Å². The zero-order chi connectivity index (χ0) is 12.4. The molecular formula is C14H20N2O2. The van der Waals surface area contributed by atoms with E-state index in [4.69, 9.17) is 9.47 Å². The van der Waals surface area contributed by atoms with Crippen LogP contribution in [0.5, 0.6) is 11.5 Å². The second kappa shape index (κ2) is 5.06. The Morgan fingerprint density at radius 2 is 2.28 bits per heavy atom. The summed E-state index contributed by atoms with van der Waals surface area (Å²) < 4.78 is 10.7. The zero-order valence-corrected chi connectivity index (χ0v) is 10.7. The predicted molar refractivity (Wildman–Crippen MR) is 71.3 cm³/mol. The molecule has 4 heteroatoms. The molecule has 2 N–H and O–H groups in total. The van der Waals surface area contributed by atoms with Gasteiger partial charge in [0, 0.05) is 23.8 Å². The molecule has 4 nitrogen and oxygen atoms in total. The lowest BCUT2D eigenvalue weighted by Crippen LogP contribution is -2.29. The molecule has 2 aliphatic rings. The molecule has 0 bridgehead atoms. The van der Waals surface area contributed by atoms with Crippen molar-refractivity contribution in [3.05, 3.63) is 18.2 Å². The van der Waals surface area contributed by atoms with Gasteiger partial charge >= 0.3 is 0 Å². The Bertz CT molecular complexity index is 416. The van der Waals surface area contributed by atoms with Crippen molar-refractivity contribution in [1.82, 2.24) is 5.32 Å². The average molecular weight is 248 g/mol. The summed E-state index contributed by atoms with van der Waals surface area (Å²) in [6, 6.07) is 7.15. The minimum absolute atomic E-state index is 0.334. The molecule has 1 saturated heterocycles. The van der Waals surface area contributed by atoms with Gasteiger partial charge in [-0.25, -0.2) is 0 Å². The summed E-state index contributed by atoms with van der Waals surface area (Å²) in [5, 5.41) is 7.05. The van der Waals surface area contributed by atoms with E-state index >= 15 is 0 Å². The molecule has 0 radical (unpaired) electrons. The third-order valence-corrected chi connectivity index (χ3v) is 3.59. The summed E-state index contributed by atoms with van der Waals surface area (Å²) in [6.07, 6.45) is 3.77. The number of fused-ring (bicyclic) bond motifs is 1.